The quantitative estimate of drug-likeness (QED) is 0.327. The van der Waals surface area contributed by atoms with Crippen molar-refractivity contribution in [1.29, 1.82) is 0 Å². The van der Waals surface area contributed by atoms with E-state index in [4.69, 9.17) is 0 Å². The summed E-state index contributed by atoms with van der Waals surface area (Å²) < 4.78 is 2.67. The average Bonchev–Trinajstić information content (AvgIpc) is 3.00. The van der Waals surface area contributed by atoms with Gasteiger partial charge in [0.2, 0.25) is 0 Å². The van der Waals surface area contributed by atoms with E-state index < -0.39 is 4.92 Å². The van der Waals surface area contributed by atoms with Gasteiger partial charge in [-0.2, -0.15) is 0 Å². The summed E-state index contributed by atoms with van der Waals surface area (Å²) in [5.74, 6) is -0.282. The smallest absolute Gasteiger partial charge is 0.270 e. The highest BCUT2D eigenvalue weighted by atomic mass is 127. The van der Waals surface area contributed by atoms with Crippen molar-refractivity contribution in [1.82, 2.24) is 14.9 Å². The Labute approximate surface area is 141 Å². The Morgan fingerprint density at radius 2 is 2.23 bits per heavy atom. The maximum absolute atomic E-state index is 12.1. The summed E-state index contributed by atoms with van der Waals surface area (Å²) in [5.41, 5.74) is 0.259. The molecule has 0 saturated heterocycles. The SMILES string of the molecule is O=C(NCCCCn1ccnc1)c1cc([N+](=O)[O-])ccc1I. The summed E-state index contributed by atoms with van der Waals surface area (Å²) in [5, 5.41) is 13.6. The molecule has 0 saturated carbocycles. The number of nitro benzene ring substituents is 1. The molecule has 2 rings (SSSR count). The first-order valence-corrected chi connectivity index (χ1v) is 7.83. The number of benzene rings is 1. The normalized spacial score (nSPS) is 10.4. The molecule has 0 unspecified atom stereocenters. The number of hydrogen-bond acceptors (Lipinski definition) is 4. The zero-order chi connectivity index (χ0) is 15.9. The van der Waals surface area contributed by atoms with Crippen molar-refractivity contribution in [2.45, 2.75) is 19.4 Å². The Morgan fingerprint density at radius 1 is 1.41 bits per heavy atom. The Balaban J connectivity index is 1.82. The van der Waals surface area contributed by atoms with Crippen molar-refractivity contribution < 1.29 is 9.72 Å². The number of aryl methyl sites for hydroxylation is 1. The van der Waals surface area contributed by atoms with Gasteiger partial charge in [0, 0.05) is 41.2 Å². The van der Waals surface area contributed by atoms with Crippen LogP contribution in [0.15, 0.2) is 36.9 Å². The van der Waals surface area contributed by atoms with E-state index in [1.54, 1.807) is 18.6 Å². The maximum Gasteiger partial charge on any atom is 0.270 e. The molecule has 1 amide bonds. The summed E-state index contributed by atoms with van der Waals surface area (Å²) in [7, 11) is 0. The van der Waals surface area contributed by atoms with E-state index in [-0.39, 0.29) is 11.6 Å². The molecule has 0 fully saturated rings. The molecular weight excluding hydrogens is 399 g/mol. The lowest BCUT2D eigenvalue weighted by Gasteiger charge is -2.07. The summed E-state index contributed by atoms with van der Waals surface area (Å²) in [6, 6.07) is 4.28. The Kier molecular flexibility index (Phi) is 5.87. The number of nitrogens with zero attached hydrogens (tertiary/aromatic N) is 3. The molecule has 8 heteroatoms. The van der Waals surface area contributed by atoms with Gasteiger partial charge in [-0.3, -0.25) is 14.9 Å². The number of hydrogen-bond donors (Lipinski definition) is 1. The standard InChI is InChI=1S/C14H15IN4O3/c15-13-4-3-11(19(21)22)9-12(13)14(20)17-5-1-2-7-18-8-6-16-10-18/h3-4,6,8-10H,1-2,5,7H2,(H,17,20). The third-order valence-corrected chi connectivity index (χ3v) is 4.03. The maximum atomic E-state index is 12.1. The number of carbonyl (C=O) groups is 1. The van der Waals surface area contributed by atoms with Crippen LogP contribution in [-0.4, -0.2) is 26.9 Å². The predicted molar refractivity (Wildman–Crippen MR) is 89.6 cm³/mol. The van der Waals surface area contributed by atoms with Crippen LogP contribution in [0, 0.1) is 13.7 Å². The molecule has 0 radical (unpaired) electrons. The topological polar surface area (TPSA) is 90.1 Å². The van der Waals surface area contributed by atoms with E-state index in [1.165, 1.54) is 12.1 Å². The minimum Gasteiger partial charge on any atom is -0.352 e. The third kappa shape index (κ3) is 4.52. The van der Waals surface area contributed by atoms with Crippen molar-refractivity contribution in [3.63, 3.8) is 0 Å². The number of amides is 1. The molecule has 2 aromatic rings. The molecule has 22 heavy (non-hydrogen) atoms. The summed E-state index contributed by atoms with van der Waals surface area (Å²) in [4.78, 5) is 26.3. The van der Waals surface area contributed by atoms with Gasteiger partial charge in [-0.1, -0.05) is 0 Å². The Hall–Kier alpha value is -1.97. The fourth-order valence-corrected chi connectivity index (χ4v) is 2.52. The van der Waals surface area contributed by atoms with Gasteiger partial charge in [-0.05, 0) is 41.5 Å². The lowest BCUT2D eigenvalue weighted by Crippen LogP contribution is -2.25. The van der Waals surface area contributed by atoms with Crippen molar-refractivity contribution in [2.24, 2.45) is 0 Å². The molecular formula is C14H15IN4O3. The second-order valence-electron chi connectivity index (χ2n) is 4.68. The number of rotatable bonds is 7. The zero-order valence-corrected chi connectivity index (χ0v) is 13.9. The average molecular weight is 414 g/mol. The van der Waals surface area contributed by atoms with Crippen LogP contribution in [0.2, 0.25) is 0 Å². The molecule has 1 aromatic carbocycles. The first-order chi connectivity index (χ1) is 10.6. The van der Waals surface area contributed by atoms with Gasteiger partial charge >= 0.3 is 0 Å². The molecule has 1 heterocycles. The van der Waals surface area contributed by atoms with E-state index in [1.807, 2.05) is 33.4 Å². The number of nitro groups is 1. The number of halogens is 1. The Bertz CT molecular complexity index is 658. The predicted octanol–water partition coefficient (Wildman–Crippen LogP) is 2.61. The highest BCUT2D eigenvalue weighted by Crippen LogP contribution is 2.19. The second kappa shape index (κ2) is 7.87. The number of non-ortho nitro benzene ring substituents is 1. The van der Waals surface area contributed by atoms with Gasteiger partial charge in [0.05, 0.1) is 16.8 Å². The van der Waals surface area contributed by atoms with Crippen molar-refractivity contribution in [3.05, 3.63) is 56.2 Å². The highest BCUT2D eigenvalue weighted by molar-refractivity contribution is 14.1. The van der Waals surface area contributed by atoms with Crippen molar-refractivity contribution in [2.75, 3.05) is 6.54 Å². The minimum atomic E-state index is -0.502. The van der Waals surface area contributed by atoms with E-state index in [0.717, 1.165) is 19.4 Å². The van der Waals surface area contributed by atoms with Crippen LogP contribution in [0.3, 0.4) is 0 Å². The first kappa shape index (κ1) is 16.4. The third-order valence-electron chi connectivity index (χ3n) is 3.09. The molecule has 0 atom stereocenters. The van der Waals surface area contributed by atoms with Gasteiger partial charge in [-0.25, -0.2) is 4.98 Å². The first-order valence-electron chi connectivity index (χ1n) is 6.76. The monoisotopic (exact) mass is 414 g/mol. The number of nitrogens with one attached hydrogen (secondary N) is 1. The van der Waals surface area contributed by atoms with E-state index in [0.29, 0.717) is 15.7 Å². The van der Waals surface area contributed by atoms with Crippen molar-refractivity contribution >= 4 is 34.2 Å². The second-order valence-corrected chi connectivity index (χ2v) is 5.85. The molecule has 0 bridgehead atoms. The van der Waals surface area contributed by atoms with Crippen molar-refractivity contribution in [3.8, 4) is 0 Å². The fourth-order valence-electron chi connectivity index (χ4n) is 1.94. The van der Waals surface area contributed by atoms with Crippen LogP contribution < -0.4 is 5.32 Å². The molecule has 1 aromatic heterocycles. The van der Waals surface area contributed by atoms with Crippen LogP contribution in [0.1, 0.15) is 23.2 Å². The molecule has 0 aliphatic rings. The van der Waals surface area contributed by atoms with Crippen LogP contribution in [0.4, 0.5) is 5.69 Å². The number of aromatic nitrogens is 2. The summed E-state index contributed by atoms with van der Waals surface area (Å²) >= 11 is 2.00. The van der Waals surface area contributed by atoms with Gasteiger partial charge in [0.25, 0.3) is 11.6 Å². The zero-order valence-electron chi connectivity index (χ0n) is 11.7. The van der Waals surface area contributed by atoms with Gasteiger partial charge in [-0.15, -0.1) is 0 Å². The minimum absolute atomic E-state index is 0.0781. The molecule has 0 aliphatic carbocycles. The van der Waals surface area contributed by atoms with E-state index in [2.05, 4.69) is 10.3 Å². The van der Waals surface area contributed by atoms with Gasteiger partial charge in [0.15, 0.2) is 0 Å². The molecule has 0 aliphatic heterocycles. The largest absolute Gasteiger partial charge is 0.352 e. The van der Waals surface area contributed by atoms with Crippen LogP contribution in [0.5, 0.6) is 0 Å². The van der Waals surface area contributed by atoms with E-state index >= 15 is 0 Å². The van der Waals surface area contributed by atoms with Crippen LogP contribution >= 0.6 is 22.6 Å². The van der Waals surface area contributed by atoms with Gasteiger partial charge < -0.3 is 9.88 Å². The number of imidazole rings is 1. The molecule has 7 nitrogen and oxygen atoms in total. The van der Waals surface area contributed by atoms with E-state index in [9.17, 15) is 14.9 Å². The van der Waals surface area contributed by atoms with Crippen LogP contribution in [0.25, 0.3) is 0 Å². The Morgan fingerprint density at radius 3 is 2.91 bits per heavy atom. The molecule has 1 N–H and O–H groups in total. The lowest BCUT2D eigenvalue weighted by atomic mass is 10.2. The highest BCUT2D eigenvalue weighted by Gasteiger charge is 2.14. The number of unbranched alkanes of at least 4 members (excludes halogenated alkanes) is 1. The lowest BCUT2D eigenvalue weighted by molar-refractivity contribution is -0.384. The van der Waals surface area contributed by atoms with Crippen LogP contribution in [-0.2, 0) is 6.54 Å². The summed E-state index contributed by atoms with van der Waals surface area (Å²) in [6.45, 7) is 1.39. The number of carbonyl (C=O) groups excluding carboxylic acids is 1. The molecule has 116 valence electrons. The fraction of sp³-hybridized carbons (Fsp3) is 0.286. The van der Waals surface area contributed by atoms with Gasteiger partial charge in [0.1, 0.15) is 0 Å². The summed E-state index contributed by atoms with van der Waals surface area (Å²) in [6.07, 6.45) is 7.12. The molecule has 0 spiro atoms.